The van der Waals surface area contributed by atoms with Crippen LogP contribution < -0.4 is 24.4 Å². The molecular weight excluding hydrogens is 470 g/mol. The molecule has 2 N–H and O–H groups in total. The third-order valence-corrected chi connectivity index (χ3v) is 7.06. The van der Waals surface area contributed by atoms with Crippen molar-refractivity contribution in [2.75, 3.05) is 31.0 Å². The molecule has 0 unspecified atom stereocenters. The Morgan fingerprint density at radius 1 is 1.15 bits per heavy atom. The Hall–Kier alpha value is -2.82. The number of nitrogens with zero attached hydrogens (tertiary/aromatic N) is 1. The van der Waals surface area contributed by atoms with Crippen molar-refractivity contribution in [3.63, 3.8) is 0 Å². The maximum atomic E-state index is 12.7. The summed E-state index contributed by atoms with van der Waals surface area (Å²) in [5.41, 5.74) is 1.86. The monoisotopic (exact) mass is 495 g/mol. The van der Waals surface area contributed by atoms with Gasteiger partial charge in [0.1, 0.15) is 11.5 Å². The maximum Gasteiger partial charge on any atom is 0.240 e. The van der Waals surface area contributed by atoms with Crippen LogP contribution in [0.1, 0.15) is 25.8 Å². The molecule has 2 amide bonds. The molecule has 0 saturated carbocycles. The Labute approximate surface area is 198 Å². The Morgan fingerprint density at radius 3 is 2.48 bits per heavy atom. The molecule has 2 aromatic rings. The van der Waals surface area contributed by atoms with E-state index in [2.05, 4.69) is 10.0 Å². The fraction of sp³-hybridized carbons (Fsp3) is 0.364. The summed E-state index contributed by atoms with van der Waals surface area (Å²) >= 11 is 6.10. The molecule has 9 nitrogen and oxygen atoms in total. The summed E-state index contributed by atoms with van der Waals surface area (Å²) in [6, 6.07) is 7.68. The van der Waals surface area contributed by atoms with Gasteiger partial charge in [0.15, 0.2) is 0 Å². The van der Waals surface area contributed by atoms with E-state index in [-0.39, 0.29) is 29.8 Å². The number of amides is 2. The minimum Gasteiger partial charge on any atom is -0.495 e. The number of ether oxygens (including phenoxy) is 2. The molecule has 0 radical (unpaired) electrons. The van der Waals surface area contributed by atoms with Gasteiger partial charge in [0.2, 0.25) is 21.8 Å². The standard InChI is InChI=1S/C22H26ClN3O6S/c1-13-9-15-10-16(5-6-19(15)26(13)14(2)27)33(29,30)24-8-7-22(28)25-18-11-17(23)20(31-3)12-21(18)32-4/h5-6,10-13,24H,7-9H2,1-4H3,(H,25,28)/t13-/m0/s1. The van der Waals surface area contributed by atoms with E-state index in [9.17, 15) is 18.0 Å². The highest BCUT2D eigenvalue weighted by molar-refractivity contribution is 7.89. The van der Waals surface area contributed by atoms with Gasteiger partial charge in [0.05, 0.1) is 29.8 Å². The summed E-state index contributed by atoms with van der Waals surface area (Å²) < 4.78 is 38.2. The highest BCUT2D eigenvalue weighted by Gasteiger charge is 2.30. The average Bonchev–Trinajstić information content (AvgIpc) is 3.08. The van der Waals surface area contributed by atoms with E-state index in [0.29, 0.717) is 28.6 Å². The highest BCUT2D eigenvalue weighted by atomic mass is 35.5. The molecule has 0 spiro atoms. The lowest BCUT2D eigenvalue weighted by Gasteiger charge is -2.20. The lowest BCUT2D eigenvalue weighted by Crippen LogP contribution is -2.33. The van der Waals surface area contributed by atoms with E-state index < -0.39 is 15.9 Å². The van der Waals surface area contributed by atoms with Gasteiger partial charge in [-0.2, -0.15) is 0 Å². The number of hydrogen-bond acceptors (Lipinski definition) is 6. The first-order chi connectivity index (χ1) is 15.6. The van der Waals surface area contributed by atoms with Crippen LogP contribution in [0.15, 0.2) is 35.2 Å². The van der Waals surface area contributed by atoms with E-state index in [1.165, 1.54) is 33.3 Å². The zero-order chi connectivity index (χ0) is 24.3. The third-order valence-electron chi connectivity index (χ3n) is 5.31. The predicted molar refractivity (Wildman–Crippen MR) is 126 cm³/mol. The number of anilines is 2. The van der Waals surface area contributed by atoms with Crippen LogP contribution in [-0.4, -0.2) is 47.0 Å². The van der Waals surface area contributed by atoms with Crippen LogP contribution in [0.5, 0.6) is 11.5 Å². The molecule has 1 aliphatic rings. The zero-order valence-corrected chi connectivity index (χ0v) is 20.3. The molecule has 1 heterocycles. The molecule has 0 aliphatic carbocycles. The predicted octanol–water partition coefficient (Wildman–Crippen LogP) is 2.96. The van der Waals surface area contributed by atoms with Crippen LogP contribution >= 0.6 is 11.6 Å². The number of sulfonamides is 1. The molecule has 1 atom stereocenters. The summed E-state index contributed by atoms with van der Waals surface area (Å²) in [6.45, 7) is 3.29. The average molecular weight is 496 g/mol. The van der Waals surface area contributed by atoms with Crippen molar-refractivity contribution >= 4 is 44.8 Å². The summed E-state index contributed by atoms with van der Waals surface area (Å²) in [5, 5.41) is 2.95. The van der Waals surface area contributed by atoms with Gasteiger partial charge in [-0.1, -0.05) is 11.6 Å². The van der Waals surface area contributed by atoms with E-state index >= 15 is 0 Å². The van der Waals surface area contributed by atoms with Crippen molar-refractivity contribution in [1.82, 2.24) is 4.72 Å². The number of benzene rings is 2. The number of carbonyl (C=O) groups excluding carboxylic acids is 2. The Balaban J connectivity index is 1.63. The molecule has 33 heavy (non-hydrogen) atoms. The van der Waals surface area contributed by atoms with Gasteiger partial charge < -0.3 is 19.7 Å². The molecule has 1 aliphatic heterocycles. The molecule has 11 heteroatoms. The number of rotatable bonds is 8. The topological polar surface area (TPSA) is 114 Å². The van der Waals surface area contributed by atoms with Crippen LogP contribution in [0.4, 0.5) is 11.4 Å². The van der Waals surface area contributed by atoms with E-state index in [0.717, 1.165) is 11.3 Å². The second kappa shape index (κ2) is 9.98. The minimum atomic E-state index is -3.83. The molecule has 2 aromatic carbocycles. The smallest absolute Gasteiger partial charge is 0.240 e. The van der Waals surface area contributed by atoms with Crippen LogP contribution in [0, 0.1) is 0 Å². The van der Waals surface area contributed by atoms with Gasteiger partial charge in [0, 0.05) is 37.7 Å². The number of methoxy groups -OCH3 is 2. The van der Waals surface area contributed by atoms with Crippen LogP contribution in [-0.2, 0) is 26.0 Å². The molecule has 0 aromatic heterocycles. The SMILES string of the molecule is COc1cc(OC)c(NC(=O)CCNS(=O)(=O)c2ccc3c(c2)C[C@H](C)N3C(C)=O)cc1Cl. The zero-order valence-electron chi connectivity index (χ0n) is 18.8. The number of halogens is 1. The Bertz CT molecular complexity index is 1180. The van der Waals surface area contributed by atoms with Crippen molar-refractivity contribution in [1.29, 1.82) is 0 Å². The molecular formula is C22H26ClN3O6S. The van der Waals surface area contributed by atoms with Gasteiger partial charge in [-0.3, -0.25) is 9.59 Å². The van der Waals surface area contributed by atoms with Crippen molar-refractivity contribution in [3.8, 4) is 11.5 Å². The molecule has 178 valence electrons. The van der Waals surface area contributed by atoms with Crippen LogP contribution in [0.2, 0.25) is 5.02 Å². The number of hydrogen-bond donors (Lipinski definition) is 2. The first-order valence-corrected chi connectivity index (χ1v) is 12.1. The van der Waals surface area contributed by atoms with Gasteiger partial charge in [0.25, 0.3) is 0 Å². The largest absolute Gasteiger partial charge is 0.495 e. The lowest BCUT2D eigenvalue weighted by atomic mass is 10.1. The van der Waals surface area contributed by atoms with Gasteiger partial charge in [-0.25, -0.2) is 13.1 Å². The first-order valence-electron chi connectivity index (χ1n) is 10.2. The summed E-state index contributed by atoms with van der Waals surface area (Å²) in [6.07, 6.45) is 0.471. The number of nitrogens with one attached hydrogen (secondary N) is 2. The quantitative estimate of drug-likeness (QED) is 0.582. The summed E-state index contributed by atoms with van der Waals surface area (Å²) in [4.78, 5) is 26.0. The third kappa shape index (κ3) is 5.40. The van der Waals surface area contributed by atoms with Crippen molar-refractivity contribution < 1.29 is 27.5 Å². The van der Waals surface area contributed by atoms with Gasteiger partial charge in [-0.15, -0.1) is 0 Å². The highest BCUT2D eigenvalue weighted by Crippen LogP contribution is 2.36. The van der Waals surface area contributed by atoms with Crippen molar-refractivity contribution in [3.05, 3.63) is 40.9 Å². The second-order valence-electron chi connectivity index (χ2n) is 7.62. The van der Waals surface area contributed by atoms with Crippen LogP contribution in [0.25, 0.3) is 0 Å². The van der Waals surface area contributed by atoms with Crippen molar-refractivity contribution in [2.24, 2.45) is 0 Å². The van der Waals surface area contributed by atoms with Crippen LogP contribution in [0.3, 0.4) is 0 Å². The first kappa shape index (κ1) is 24.8. The van der Waals surface area contributed by atoms with E-state index in [1.54, 1.807) is 23.1 Å². The lowest BCUT2D eigenvalue weighted by molar-refractivity contribution is -0.117. The number of carbonyl (C=O) groups is 2. The van der Waals surface area contributed by atoms with E-state index in [4.69, 9.17) is 21.1 Å². The Morgan fingerprint density at radius 2 is 1.85 bits per heavy atom. The normalized spacial score (nSPS) is 15.2. The van der Waals surface area contributed by atoms with E-state index in [1.807, 2.05) is 6.92 Å². The fourth-order valence-electron chi connectivity index (χ4n) is 3.81. The molecule has 0 bridgehead atoms. The molecule has 0 saturated heterocycles. The fourth-order valence-corrected chi connectivity index (χ4v) is 5.13. The van der Waals surface area contributed by atoms with Crippen molar-refractivity contribution in [2.45, 2.75) is 37.6 Å². The summed E-state index contributed by atoms with van der Waals surface area (Å²) in [5.74, 6) is 0.250. The van der Waals surface area contributed by atoms with Gasteiger partial charge in [-0.05, 0) is 43.2 Å². The Kier molecular flexibility index (Phi) is 7.51. The molecule has 3 rings (SSSR count). The second-order valence-corrected chi connectivity index (χ2v) is 9.79. The maximum absolute atomic E-state index is 12.7. The minimum absolute atomic E-state index is 0.0319. The summed E-state index contributed by atoms with van der Waals surface area (Å²) in [7, 11) is -0.922. The van der Waals surface area contributed by atoms with Gasteiger partial charge >= 0.3 is 0 Å². The molecule has 0 fully saturated rings. The number of fused-ring (bicyclic) bond motifs is 1.